The fourth-order valence-corrected chi connectivity index (χ4v) is 3.20. The maximum atomic E-state index is 5.69. The Morgan fingerprint density at radius 3 is 2.71 bits per heavy atom. The summed E-state index contributed by atoms with van der Waals surface area (Å²) in [6.07, 6.45) is 0.881. The number of aryl methyl sites for hydroxylation is 1. The Labute approximate surface area is 130 Å². The van der Waals surface area contributed by atoms with E-state index in [1.807, 2.05) is 23.9 Å². The minimum absolute atomic E-state index is 0.225. The maximum Gasteiger partial charge on any atom is 0.119 e. The lowest BCUT2D eigenvalue weighted by Crippen LogP contribution is -2.38. The molecule has 112 valence electrons. The summed E-state index contributed by atoms with van der Waals surface area (Å²) in [4.78, 5) is 1.28. The van der Waals surface area contributed by atoms with Crippen LogP contribution in [-0.4, -0.2) is 18.9 Å². The van der Waals surface area contributed by atoms with Crippen molar-refractivity contribution >= 4 is 11.8 Å². The fourth-order valence-electron chi connectivity index (χ4n) is 2.15. The Balaban J connectivity index is 1.93. The lowest BCUT2D eigenvalue weighted by atomic mass is 10.1. The van der Waals surface area contributed by atoms with Gasteiger partial charge in [0.15, 0.2) is 0 Å². The zero-order valence-electron chi connectivity index (χ0n) is 12.5. The molecule has 4 heteroatoms. The zero-order chi connectivity index (χ0) is 15.1. The Kier molecular flexibility index (Phi) is 6.11. The molecule has 0 aliphatic carbocycles. The highest BCUT2D eigenvalue weighted by molar-refractivity contribution is 7.99. The van der Waals surface area contributed by atoms with E-state index in [0.29, 0.717) is 0 Å². The van der Waals surface area contributed by atoms with E-state index in [0.717, 1.165) is 17.9 Å². The van der Waals surface area contributed by atoms with Crippen LogP contribution in [0.25, 0.3) is 0 Å². The summed E-state index contributed by atoms with van der Waals surface area (Å²) < 4.78 is 5.26. The third-order valence-electron chi connectivity index (χ3n) is 3.29. The van der Waals surface area contributed by atoms with Crippen LogP contribution in [0.2, 0.25) is 0 Å². The average molecular weight is 302 g/mol. The molecule has 0 fully saturated rings. The molecule has 0 bridgehead atoms. The van der Waals surface area contributed by atoms with Crippen molar-refractivity contribution in [3.8, 4) is 5.75 Å². The largest absolute Gasteiger partial charge is 0.497 e. The van der Waals surface area contributed by atoms with E-state index in [-0.39, 0.29) is 6.04 Å². The quantitative estimate of drug-likeness (QED) is 0.468. The van der Waals surface area contributed by atoms with Gasteiger partial charge in [0.1, 0.15) is 5.75 Å². The zero-order valence-corrected chi connectivity index (χ0v) is 13.3. The number of methoxy groups -OCH3 is 1. The Bertz CT molecular complexity index is 574. The van der Waals surface area contributed by atoms with Crippen molar-refractivity contribution in [2.24, 2.45) is 5.84 Å². The van der Waals surface area contributed by atoms with Crippen molar-refractivity contribution in [1.82, 2.24) is 5.43 Å². The molecule has 1 atom stereocenters. The predicted octanol–water partition coefficient (Wildman–Crippen LogP) is 3.17. The van der Waals surface area contributed by atoms with Crippen molar-refractivity contribution < 1.29 is 4.74 Å². The molecular weight excluding hydrogens is 280 g/mol. The van der Waals surface area contributed by atoms with E-state index in [9.17, 15) is 0 Å². The molecule has 1 unspecified atom stereocenters. The summed E-state index contributed by atoms with van der Waals surface area (Å²) in [6, 6.07) is 16.9. The minimum atomic E-state index is 0.225. The monoisotopic (exact) mass is 302 g/mol. The van der Waals surface area contributed by atoms with Crippen LogP contribution in [0.15, 0.2) is 53.4 Å². The van der Waals surface area contributed by atoms with Gasteiger partial charge in [-0.25, -0.2) is 0 Å². The molecule has 2 aromatic rings. The van der Waals surface area contributed by atoms with Gasteiger partial charge >= 0.3 is 0 Å². The third-order valence-corrected chi connectivity index (χ3v) is 4.45. The Morgan fingerprint density at radius 1 is 1.19 bits per heavy atom. The molecule has 21 heavy (non-hydrogen) atoms. The van der Waals surface area contributed by atoms with E-state index >= 15 is 0 Å². The van der Waals surface area contributed by atoms with Gasteiger partial charge in [-0.1, -0.05) is 29.8 Å². The van der Waals surface area contributed by atoms with Gasteiger partial charge in [-0.3, -0.25) is 11.3 Å². The number of hydrogen-bond donors (Lipinski definition) is 2. The predicted molar refractivity (Wildman–Crippen MR) is 89.7 cm³/mol. The highest BCUT2D eigenvalue weighted by Crippen LogP contribution is 2.21. The number of hydrogen-bond acceptors (Lipinski definition) is 4. The average Bonchev–Trinajstić information content (AvgIpc) is 2.51. The first-order valence-electron chi connectivity index (χ1n) is 7.00. The van der Waals surface area contributed by atoms with Crippen LogP contribution in [0, 0.1) is 6.92 Å². The fraction of sp³-hybridized carbons (Fsp3) is 0.294. The van der Waals surface area contributed by atoms with E-state index < -0.39 is 0 Å². The van der Waals surface area contributed by atoms with Gasteiger partial charge in [-0.05, 0) is 43.2 Å². The number of rotatable bonds is 7. The van der Waals surface area contributed by atoms with E-state index in [2.05, 4.69) is 48.7 Å². The molecule has 0 aliphatic heterocycles. The van der Waals surface area contributed by atoms with Gasteiger partial charge < -0.3 is 4.74 Å². The molecular formula is C17H22N2OS. The topological polar surface area (TPSA) is 47.3 Å². The lowest BCUT2D eigenvalue weighted by molar-refractivity contribution is 0.414. The van der Waals surface area contributed by atoms with Crippen LogP contribution < -0.4 is 16.0 Å². The van der Waals surface area contributed by atoms with Gasteiger partial charge in [0.05, 0.1) is 7.11 Å². The minimum Gasteiger partial charge on any atom is -0.497 e. The molecule has 3 N–H and O–H groups in total. The molecule has 0 saturated carbocycles. The van der Waals surface area contributed by atoms with Crippen molar-refractivity contribution in [1.29, 1.82) is 0 Å². The lowest BCUT2D eigenvalue weighted by Gasteiger charge is -2.16. The van der Waals surface area contributed by atoms with Crippen molar-refractivity contribution in [3.63, 3.8) is 0 Å². The second-order valence-corrected chi connectivity index (χ2v) is 6.14. The summed E-state index contributed by atoms with van der Waals surface area (Å²) >= 11 is 1.82. The summed E-state index contributed by atoms with van der Waals surface area (Å²) in [5, 5.41) is 0. The second kappa shape index (κ2) is 8.08. The van der Waals surface area contributed by atoms with E-state index in [4.69, 9.17) is 10.6 Å². The first-order chi connectivity index (χ1) is 10.2. The molecule has 0 saturated heterocycles. The SMILES string of the molecule is COc1cccc(CC(CSc2cccc(C)c2)NN)c1. The van der Waals surface area contributed by atoms with Crippen LogP contribution in [0.4, 0.5) is 0 Å². The van der Waals surface area contributed by atoms with Gasteiger partial charge in [0.25, 0.3) is 0 Å². The van der Waals surface area contributed by atoms with Gasteiger partial charge in [0.2, 0.25) is 0 Å². The van der Waals surface area contributed by atoms with Crippen LogP contribution in [0.3, 0.4) is 0 Å². The van der Waals surface area contributed by atoms with Gasteiger partial charge in [0, 0.05) is 16.7 Å². The second-order valence-electron chi connectivity index (χ2n) is 5.05. The summed E-state index contributed by atoms with van der Waals surface area (Å²) in [7, 11) is 1.69. The Hall–Kier alpha value is -1.49. The maximum absolute atomic E-state index is 5.69. The number of hydrazine groups is 1. The van der Waals surface area contributed by atoms with Crippen LogP contribution >= 0.6 is 11.8 Å². The standard InChI is InChI=1S/C17H22N2OS/c1-13-5-3-8-17(9-13)21-12-15(19-18)10-14-6-4-7-16(11-14)20-2/h3-9,11,15,19H,10,12,18H2,1-2H3. The summed E-state index contributed by atoms with van der Waals surface area (Å²) in [6.45, 7) is 2.11. The molecule has 0 spiro atoms. The first-order valence-corrected chi connectivity index (χ1v) is 7.98. The van der Waals surface area contributed by atoms with Crippen molar-refractivity contribution in [2.75, 3.05) is 12.9 Å². The molecule has 2 aromatic carbocycles. The molecule has 3 nitrogen and oxygen atoms in total. The molecule has 0 radical (unpaired) electrons. The van der Waals surface area contributed by atoms with Gasteiger partial charge in [-0.2, -0.15) is 0 Å². The molecule has 2 rings (SSSR count). The van der Waals surface area contributed by atoms with Crippen molar-refractivity contribution in [3.05, 3.63) is 59.7 Å². The molecule has 0 aliphatic rings. The molecule has 0 heterocycles. The van der Waals surface area contributed by atoms with Crippen LogP contribution in [0.5, 0.6) is 5.75 Å². The molecule has 0 amide bonds. The number of thioether (sulfide) groups is 1. The summed E-state index contributed by atoms with van der Waals surface area (Å²) in [5.41, 5.74) is 5.42. The van der Waals surface area contributed by atoms with Crippen LogP contribution in [-0.2, 0) is 6.42 Å². The molecule has 0 aromatic heterocycles. The summed E-state index contributed by atoms with van der Waals surface area (Å²) in [5.74, 6) is 7.50. The highest BCUT2D eigenvalue weighted by Gasteiger charge is 2.09. The number of ether oxygens (including phenoxy) is 1. The van der Waals surface area contributed by atoms with E-state index in [1.165, 1.54) is 16.0 Å². The number of benzene rings is 2. The van der Waals surface area contributed by atoms with E-state index in [1.54, 1.807) is 7.11 Å². The highest BCUT2D eigenvalue weighted by atomic mass is 32.2. The van der Waals surface area contributed by atoms with Crippen molar-refractivity contribution in [2.45, 2.75) is 24.3 Å². The van der Waals surface area contributed by atoms with Crippen LogP contribution in [0.1, 0.15) is 11.1 Å². The Morgan fingerprint density at radius 2 is 2.00 bits per heavy atom. The third kappa shape index (κ3) is 5.08. The van der Waals surface area contributed by atoms with Gasteiger partial charge in [-0.15, -0.1) is 11.8 Å². The normalized spacial score (nSPS) is 12.1. The number of nitrogens with one attached hydrogen (secondary N) is 1. The first kappa shape index (κ1) is 15.9. The number of nitrogens with two attached hydrogens (primary N) is 1. The smallest absolute Gasteiger partial charge is 0.119 e.